The van der Waals surface area contributed by atoms with E-state index in [0.29, 0.717) is 12.2 Å². The topological polar surface area (TPSA) is 49.4 Å². The van der Waals surface area contributed by atoms with Crippen molar-refractivity contribution in [2.24, 2.45) is 0 Å². The Bertz CT molecular complexity index is 589. The second-order valence-corrected chi connectivity index (χ2v) is 7.27. The molecule has 0 radical (unpaired) electrons. The van der Waals surface area contributed by atoms with Crippen LogP contribution in [0.3, 0.4) is 0 Å². The van der Waals surface area contributed by atoms with E-state index in [2.05, 4.69) is 19.2 Å². The molecule has 0 aliphatic carbocycles. The van der Waals surface area contributed by atoms with E-state index in [0.717, 1.165) is 24.1 Å². The van der Waals surface area contributed by atoms with Gasteiger partial charge in [0.15, 0.2) is 0 Å². The predicted molar refractivity (Wildman–Crippen MR) is 85.2 cm³/mol. The van der Waals surface area contributed by atoms with Crippen molar-refractivity contribution in [3.63, 3.8) is 0 Å². The van der Waals surface area contributed by atoms with Crippen molar-refractivity contribution in [1.29, 1.82) is 0 Å². The number of anilines is 1. The quantitative estimate of drug-likeness (QED) is 0.934. The number of para-hydroxylation sites is 1. The summed E-state index contributed by atoms with van der Waals surface area (Å²) < 4.78 is 0. The Kier molecular flexibility index (Phi) is 3.69. The maximum absolute atomic E-state index is 12.6. The SMILES string of the molecule is CCc1ccccc1NC(=O)[C@@H]1CS[C@]2(C)CCC(=O)N12. The van der Waals surface area contributed by atoms with Gasteiger partial charge in [-0.05, 0) is 31.4 Å². The van der Waals surface area contributed by atoms with Crippen LogP contribution in [0.5, 0.6) is 0 Å². The number of hydrogen-bond acceptors (Lipinski definition) is 3. The van der Waals surface area contributed by atoms with Crippen LogP contribution >= 0.6 is 11.8 Å². The highest BCUT2D eigenvalue weighted by Gasteiger charge is 2.52. The number of benzene rings is 1. The van der Waals surface area contributed by atoms with Crippen LogP contribution in [0.1, 0.15) is 32.3 Å². The van der Waals surface area contributed by atoms with Crippen molar-refractivity contribution in [2.75, 3.05) is 11.1 Å². The number of thioether (sulfide) groups is 1. The van der Waals surface area contributed by atoms with Gasteiger partial charge in [0.1, 0.15) is 6.04 Å². The van der Waals surface area contributed by atoms with E-state index in [-0.39, 0.29) is 22.7 Å². The van der Waals surface area contributed by atoms with Crippen LogP contribution in [0.15, 0.2) is 24.3 Å². The number of rotatable bonds is 3. The minimum atomic E-state index is -0.347. The van der Waals surface area contributed by atoms with Gasteiger partial charge in [-0.15, -0.1) is 11.8 Å². The maximum Gasteiger partial charge on any atom is 0.248 e. The van der Waals surface area contributed by atoms with Gasteiger partial charge in [0.25, 0.3) is 0 Å². The zero-order valence-electron chi connectivity index (χ0n) is 12.4. The minimum absolute atomic E-state index is 0.0672. The molecule has 0 aromatic heterocycles. The molecule has 2 heterocycles. The molecule has 4 nitrogen and oxygen atoms in total. The predicted octanol–water partition coefficient (Wildman–Crippen LogP) is 2.64. The van der Waals surface area contributed by atoms with Crippen molar-refractivity contribution in [3.8, 4) is 0 Å². The van der Waals surface area contributed by atoms with E-state index >= 15 is 0 Å². The van der Waals surface area contributed by atoms with E-state index in [4.69, 9.17) is 0 Å². The fraction of sp³-hybridized carbons (Fsp3) is 0.500. The van der Waals surface area contributed by atoms with E-state index < -0.39 is 0 Å². The summed E-state index contributed by atoms with van der Waals surface area (Å²) in [7, 11) is 0. The number of fused-ring (bicyclic) bond motifs is 1. The highest BCUT2D eigenvalue weighted by molar-refractivity contribution is 8.01. The van der Waals surface area contributed by atoms with Gasteiger partial charge in [-0.3, -0.25) is 9.59 Å². The van der Waals surface area contributed by atoms with Gasteiger partial charge in [0.2, 0.25) is 11.8 Å². The summed E-state index contributed by atoms with van der Waals surface area (Å²) in [6.07, 6.45) is 2.26. The van der Waals surface area contributed by atoms with Gasteiger partial charge >= 0.3 is 0 Å². The molecule has 0 saturated carbocycles. The number of nitrogens with zero attached hydrogens (tertiary/aromatic N) is 1. The van der Waals surface area contributed by atoms with Gasteiger partial charge < -0.3 is 10.2 Å². The van der Waals surface area contributed by atoms with Crippen LogP contribution in [0.4, 0.5) is 5.69 Å². The Morgan fingerprint density at radius 1 is 1.48 bits per heavy atom. The normalized spacial score (nSPS) is 27.8. The third kappa shape index (κ3) is 2.44. The molecule has 21 heavy (non-hydrogen) atoms. The Morgan fingerprint density at radius 2 is 2.24 bits per heavy atom. The second-order valence-electron chi connectivity index (χ2n) is 5.77. The lowest BCUT2D eigenvalue weighted by atomic mass is 10.1. The number of aryl methyl sites for hydroxylation is 1. The number of carbonyl (C=O) groups excluding carboxylic acids is 2. The van der Waals surface area contributed by atoms with Crippen LogP contribution in [-0.2, 0) is 16.0 Å². The molecule has 0 unspecified atom stereocenters. The van der Waals surface area contributed by atoms with Crippen molar-refractivity contribution >= 4 is 29.3 Å². The molecule has 0 spiro atoms. The molecule has 3 rings (SSSR count). The fourth-order valence-corrected chi connectivity index (χ4v) is 4.61. The summed E-state index contributed by atoms with van der Waals surface area (Å²) in [5.74, 6) is 0.719. The molecular weight excluding hydrogens is 284 g/mol. The van der Waals surface area contributed by atoms with Crippen LogP contribution in [-0.4, -0.2) is 33.4 Å². The molecular formula is C16H20N2O2S. The highest BCUT2D eigenvalue weighted by atomic mass is 32.2. The summed E-state index contributed by atoms with van der Waals surface area (Å²) in [5, 5.41) is 3.01. The monoisotopic (exact) mass is 304 g/mol. The zero-order chi connectivity index (χ0) is 15.0. The van der Waals surface area contributed by atoms with Crippen molar-refractivity contribution in [2.45, 2.75) is 44.0 Å². The van der Waals surface area contributed by atoms with E-state index in [1.807, 2.05) is 24.3 Å². The minimum Gasteiger partial charge on any atom is -0.324 e. The van der Waals surface area contributed by atoms with Gasteiger partial charge in [-0.25, -0.2) is 0 Å². The van der Waals surface area contributed by atoms with Gasteiger partial charge in [-0.2, -0.15) is 0 Å². The lowest BCUT2D eigenvalue weighted by Gasteiger charge is -2.30. The van der Waals surface area contributed by atoms with Crippen LogP contribution in [0.2, 0.25) is 0 Å². The molecule has 1 aromatic carbocycles. The molecule has 2 atom stereocenters. The van der Waals surface area contributed by atoms with Gasteiger partial charge in [-0.1, -0.05) is 25.1 Å². The van der Waals surface area contributed by atoms with Crippen LogP contribution < -0.4 is 5.32 Å². The summed E-state index contributed by atoms with van der Waals surface area (Å²) in [6.45, 7) is 4.13. The van der Waals surface area contributed by atoms with E-state index in [1.54, 1.807) is 16.7 Å². The Labute approximate surface area is 129 Å². The first-order chi connectivity index (χ1) is 10.0. The molecule has 1 N–H and O–H groups in total. The smallest absolute Gasteiger partial charge is 0.248 e. The number of amides is 2. The molecule has 0 bridgehead atoms. The molecule has 2 saturated heterocycles. The molecule has 1 aromatic rings. The molecule has 5 heteroatoms. The number of carbonyl (C=O) groups is 2. The van der Waals surface area contributed by atoms with Crippen molar-refractivity contribution in [1.82, 2.24) is 4.90 Å². The van der Waals surface area contributed by atoms with E-state index in [9.17, 15) is 9.59 Å². The van der Waals surface area contributed by atoms with Crippen LogP contribution in [0.25, 0.3) is 0 Å². The first-order valence-corrected chi connectivity index (χ1v) is 8.38. The summed E-state index contributed by atoms with van der Waals surface area (Å²) in [5.41, 5.74) is 1.97. The van der Waals surface area contributed by atoms with E-state index in [1.165, 1.54) is 0 Å². The second kappa shape index (κ2) is 5.37. The summed E-state index contributed by atoms with van der Waals surface area (Å²) >= 11 is 1.72. The maximum atomic E-state index is 12.6. The lowest BCUT2D eigenvalue weighted by molar-refractivity contribution is -0.135. The molecule has 2 fully saturated rings. The molecule has 112 valence electrons. The Hall–Kier alpha value is -1.49. The summed E-state index contributed by atoms with van der Waals surface area (Å²) in [4.78, 5) is 26.3. The third-order valence-electron chi connectivity index (χ3n) is 4.40. The van der Waals surface area contributed by atoms with Crippen LogP contribution in [0, 0.1) is 0 Å². The highest BCUT2D eigenvalue weighted by Crippen LogP contribution is 2.47. The number of hydrogen-bond donors (Lipinski definition) is 1. The lowest BCUT2D eigenvalue weighted by Crippen LogP contribution is -2.48. The van der Waals surface area contributed by atoms with Crippen molar-refractivity contribution < 1.29 is 9.59 Å². The Morgan fingerprint density at radius 3 is 3.00 bits per heavy atom. The molecule has 2 aliphatic heterocycles. The van der Waals surface area contributed by atoms with Gasteiger partial charge in [0.05, 0.1) is 4.87 Å². The standard InChI is InChI=1S/C16H20N2O2S/c1-3-11-6-4-5-7-12(11)17-15(20)13-10-21-16(2)9-8-14(19)18(13)16/h4-7,13H,3,8-10H2,1-2H3,(H,17,20)/t13-,16+/m0/s1. The first-order valence-electron chi connectivity index (χ1n) is 7.40. The average molecular weight is 304 g/mol. The molecule has 2 aliphatic rings. The first kappa shape index (κ1) is 14.4. The van der Waals surface area contributed by atoms with Gasteiger partial charge in [0, 0.05) is 17.9 Å². The van der Waals surface area contributed by atoms with Crippen molar-refractivity contribution in [3.05, 3.63) is 29.8 Å². The molecule has 2 amide bonds. The zero-order valence-corrected chi connectivity index (χ0v) is 13.2. The number of nitrogens with one attached hydrogen (secondary N) is 1. The average Bonchev–Trinajstić information content (AvgIpc) is 2.97. The largest absolute Gasteiger partial charge is 0.324 e. The third-order valence-corrected chi connectivity index (χ3v) is 5.91. The Balaban J connectivity index is 1.79. The summed E-state index contributed by atoms with van der Waals surface area (Å²) in [6, 6.07) is 7.48. The fourth-order valence-electron chi connectivity index (χ4n) is 3.18.